The lowest BCUT2D eigenvalue weighted by Gasteiger charge is -2.67. The average Bonchev–Trinajstić information content (AvgIpc) is 3.32. The Morgan fingerprint density at radius 1 is 0.807 bits per heavy atom. The predicted molar refractivity (Wildman–Crippen MR) is 185 cm³/mol. The molecule has 0 radical (unpaired) electrons. The average molecular weight is 806 g/mol. The van der Waals surface area contributed by atoms with Crippen LogP contribution in [0.3, 0.4) is 0 Å². The first-order valence-electron chi connectivity index (χ1n) is 18.3. The highest BCUT2D eigenvalue weighted by Crippen LogP contribution is 2.70. The van der Waals surface area contributed by atoms with E-state index in [-0.39, 0.29) is 24.1 Å². The summed E-state index contributed by atoms with van der Waals surface area (Å²) in [5.74, 6) is -10.5. The number of esters is 8. The van der Waals surface area contributed by atoms with Crippen molar-refractivity contribution in [1.29, 1.82) is 0 Å². The van der Waals surface area contributed by atoms with Crippen molar-refractivity contribution >= 4 is 47.8 Å². The smallest absolute Gasteiger partial charge is 0.340 e. The van der Waals surface area contributed by atoms with Crippen LogP contribution < -0.4 is 0 Å². The van der Waals surface area contributed by atoms with Crippen LogP contribution in [0.1, 0.15) is 84.8 Å². The number of carbonyl (C=O) groups is 8. The van der Waals surface area contributed by atoms with E-state index < -0.39 is 132 Å². The van der Waals surface area contributed by atoms with Crippen LogP contribution in [0.4, 0.5) is 0 Å². The van der Waals surface area contributed by atoms with Crippen molar-refractivity contribution in [2.45, 2.75) is 129 Å². The Bertz CT molecular complexity index is 1840. The number of cyclic esters (lactones) is 1. The van der Waals surface area contributed by atoms with E-state index in [0.29, 0.717) is 0 Å². The van der Waals surface area contributed by atoms with Gasteiger partial charge in [-0.2, -0.15) is 0 Å². The fourth-order valence-corrected chi connectivity index (χ4v) is 9.16. The van der Waals surface area contributed by atoms with Crippen LogP contribution in [0.5, 0.6) is 0 Å². The highest BCUT2D eigenvalue weighted by molar-refractivity contribution is 5.90. The fourth-order valence-electron chi connectivity index (χ4n) is 9.16. The minimum absolute atomic E-state index is 0.0290. The number of rotatable bonds is 7. The molecule has 1 aromatic rings. The molecule has 19 heteroatoms. The Labute approximate surface area is 327 Å². The van der Waals surface area contributed by atoms with Crippen LogP contribution in [-0.2, 0) is 82.6 Å². The Hall–Kier alpha value is -5.17. The largest absolute Gasteiger partial charge is 0.465 e. The van der Waals surface area contributed by atoms with Crippen LogP contribution in [0.15, 0.2) is 18.3 Å². The van der Waals surface area contributed by atoms with Gasteiger partial charge in [0.1, 0.15) is 42.0 Å². The molecular formula is C38H47NO18. The second kappa shape index (κ2) is 15.6. The normalized spacial score (nSPS) is 37.1. The molecule has 0 amide bonds. The van der Waals surface area contributed by atoms with Gasteiger partial charge in [0.2, 0.25) is 0 Å². The number of ether oxygens (including phenoxy) is 9. The summed E-state index contributed by atoms with van der Waals surface area (Å²) in [6, 6.07) is 2.95. The first-order valence-corrected chi connectivity index (χ1v) is 18.3. The van der Waals surface area contributed by atoms with E-state index in [9.17, 15) is 43.5 Å². The molecule has 1 spiro atoms. The summed E-state index contributed by atoms with van der Waals surface area (Å²) in [5, 5.41) is 13.4. The summed E-state index contributed by atoms with van der Waals surface area (Å²) in [5.41, 5.74) is -9.87. The van der Waals surface area contributed by atoms with Gasteiger partial charge in [-0.25, -0.2) is 4.79 Å². The molecule has 0 aromatic carbocycles. The van der Waals surface area contributed by atoms with E-state index in [1.165, 1.54) is 32.2 Å². The Morgan fingerprint density at radius 2 is 1.35 bits per heavy atom. The lowest BCUT2D eigenvalue weighted by atomic mass is 9.45. The van der Waals surface area contributed by atoms with E-state index in [4.69, 9.17) is 42.6 Å². The zero-order valence-electron chi connectivity index (χ0n) is 33.0. The molecule has 3 fully saturated rings. The molecule has 5 rings (SSSR count). The zero-order chi connectivity index (χ0) is 42.4. The molecule has 2 aliphatic heterocycles. The zero-order valence-corrected chi connectivity index (χ0v) is 33.0. The van der Waals surface area contributed by atoms with Crippen molar-refractivity contribution in [2.75, 3.05) is 13.2 Å². The van der Waals surface area contributed by atoms with Gasteiger partial charge in [-0.05, 0) is 38.8 Å². The van der Waals surface area contributed by atoms with Crippen molar-refractivity contribution < 1.29 is 86.1 Å². The monoisotopic (exact) mass is 805 g/mol. The number of carbonyl (C=O) groups excluding carboxylic acids is 8. The highest BCUT2D eigenvalue weighted by Gasteiger charge is 2.92. The number of hydrogen-bond acceptors (Lipinski definition) is 19. The molecule has 3 unspecified atom stereocenters. The standard InChI is InChI=1S/C38H47NO18/c1-17-12-13-25-24(11-10-14-39-25)34(47)50-15-35(8)26-27(51-19(3)41)31(54-22(6)44)37(16-49-18(2)40)32(55-23(7)45)28(52-20(4)42)30(56-33(17)46)36(9,48)38(37,57-35)29(26)53-21(5)43/h10-11,14,17,26-32,48H,12-13,15-16H2,1-9H3/t17?,26?,27-,28+,29-,30+,31-,32+,35+,36+,37-,38?/m1/s1. The van der Waals surface area contributed by atoms with Gasteiger partial charge >= 0.3 is 47.8 Å². The summed E-state index contributed by atoms with van der Waals surface area (Å²) in [7, 11) is 0. The fraction of sp³-hybridized carbons (Fsp3) is 0.658. The van der Waals surface area contributed by atoms with Gasteiger partial charge in [-0.15, -0.1) is 0 Å². The summed E-state index contributed by atoms with van der Waals surface area (Å²) in [6.07, 6.45) is -10.3. The second-order valence-corrected chi connectivity index (χ2v) is 15.3. The van der Waals surface area contributed by atoms with E-state index in [1.54, 1.807) is 0 Å². The highest BCUT2D eigenvalue weighted by atomic mass is 16.7. The molecule has 4 bridgehead atoms. The van der Waals surface area contributed by atoms with Crippen LogP contribution in [-0.4, -0.2) is 124 Å². The molecule has 1 aromatic heterocycles. The summed E-state index contributed by atoms with van der Waals surface area (Å²) >= 11 is 0. The van der Waals surface area contributed by atoms with Gasteiger partial charge in [-0.3, -0.25) is 38.5 Å². The number of hydrogen-bond donors (Lipinski definition) is 1. The SMILES string of the molecule is CC(=O)OC[C@]12[C@H](OC(C)=O)[C@H](OC(C)=O)C3[C@@H](OC(C)=O)C14O[C@@]3(C)COC(=O)c1cccnc1CCC(C)C(=O)O[C@@H]([C@H](OC(C)=O)[C@@H]2OC(C)=O)[C@]4(C)O. The summed E-state index contributed by atoms with van der Waals surface area (Å²) in [6.45, 7) is 8.15. The molecule has 19 nitrogen and oxygen atoms in total. The van der Waals surface area contributed by atoms with Crippen LogP contribution in [0, 0.1) is 17.3 Å². The van der Waals surface area contributed by atoms with Crippen molar-refractivity contribution in [2.24, 2.45) is 17.3 Å². The van der Waals surface area contributed by atoms with Crippen LogP contribution >= 0.6 is 0 Å². The predicted octanol–water partition coefficient (Wildman–Crippen LogP) is 0.863. The second-order valence-electron chi connectivity index (χ2n) is 15.3. The molecular weight excluding hydrogens is 758 g/mol. The Morgan fingerprint density at radius 3 is 1.91 bits per heavy atom. The number of aromatic nitrogens is 1. The quantitative estimate of drug-likeness (QED) is 0.296. The van der Waals surface area contributed by atoms with E-state index in [2.05, 4.69) is 4.98 Å². The van der Waals surface area contributed by atoms with Gasteiger partial charge in [0.05, 0.1) is 23.1 Å². The van der Waals surface area contributed by atoms with Crippen molar-refractivity contribution in [3.63, 3.8) is 0 Å². The van der Waals surface area contributed by atoms with Crippen molar-refractivity contribution in [1.82, 2.24) is 4.98 Å². The van der Waals surface area contributed by atoms with Gasteiger partial charge in [0.15, 0.2) is 30.0 Å². The third kappa shape index (κ3) is 7.30. The lowest BCUT2D eigenvalue weighted by molar-refractivity contribution is -0.386. The maximum absolute atomic E-state index is 14.1. The molecule has 57 heavy (non-hydrogen) atoms. The lowest BCUT2D eigenvalue weighted by Crippen LogP contribution is -2.89. The molecule has 3 heterocycles. The molecule has 2 aliphatic carbocycles. The third-order valence-corrected chi connectivity index (χ3v) is 11.1. The van der Waals surface area contributed by atoms with E-state index in [0.717, 1.165) is 48.5 Å². The van der Waals surface area contributed by atoms with E-state index in [1.807, 2.05) is 0 Å². The Balaban J connectivity index is 1.99. The maximum Gasteiger partial charge on any atom is 0.340 e. The molecule has 4 aliphatic rings. The Kier molecular flexibility index (Phi) is 11.8. The number of pyridine rings is 1. The third-order valence-electron chi connectivity index (χ3n) is 11.1. The molecule has 1 N–H and O–H groups in total. The maximum atomic E-state index is 14.1. The minimum atomic E-state index is -2.80. The molecule has 12 atom stereocenters. The van der Waals surface area contributed by atoms with Crippen molar-refractivity contribution in [3.05, 3.63) is 29.6 Å². The number of nitrogens with zero attached hydrogens (tertiary/aromatic N) is 1. The number of aliphatic hydroxyl groups is 1. The van der Waals surface area contributed by atoms with E-state index >= 15 is 0 Å². The first kappa shape index (κ1) is 43.0. The van der Waals surface area contributed by atoms with Gasteiger partial charge in [0, 0.05) is 47.7 Å². The molecule has 2 saturated carbocycles. The van der Waals surface area contributed by atoms with Crippen LogP contribution in [0.2, 0.25) is 0 Å². The summed E-state index contributed by atoms with van der Waals surface area (Å²) in [4.78, 5) is 111. The first-order chi connectivity index (χ1) is 26.5. The molecule has 1 saturated heterocycles. The number of aryl methyl sites for hydroxylation is 1. The van der Waals surface area contributed by atoms with Gasteiger partial charge in [-0.1, -0.05) is 6.92 Å². The van der Waals surface area contributed by atoms with Gasteiger partial charge in [0.25, 0.3) is 0 Å². The van der Waals surface area contributed by atoms with Crippen LogP contribution in [0.25, 0.3) is 0 Å². The minimum Gasteiger partial charge on any atom is -0.465 e. The molecule has 312 valence electrons. The number of fused-ring (bicyclic) bond motifs is 5. The van der Waals surface area contributed by atoms with Gasteiger partial charge < -0.3 is 47.7 Å². The topological polar surface area (TPSA) is 253 Å². The summed E-state index contributed by atoms with van der Waals surface area (Å²) < 4.78 is 54.2. The van der Waals surface area contributed by atoms with Crippen molar-refractivity contribution in [3.8, 4) is 0 Å².